The van der Waals surface area contributed by atoms with Crippen LogP contribution in [0.3, 0.4) is 0 Å². The zero-order chi connectivity index (χ0) is 13.1. The first kappa shape index (κ1) is 13.9. The molecule has 2 N–H and O–H groups in total. The maximum Gasteiger partial charge on any atom is 0.252 e. The van der Waals surface area contributed by atoms with Gasteiger partial charge in [-0.2, -0.15) is 0 Å². The van der Waals surface area contributed by atoms with Crippen molar-refractivity contribution >= 4 is 11.8 Å². The predicted octanol–water partition coefficient (Wildman–Crippen LogP) is -0.879. The highest BCUT2D eigenvalue weighted by atomic mass is 16.5. The molecule has 1 aliphatic heterocycles. The number of nitrogens with one attached hydrogen (secondary N) is 1. The van der Waals surface area contributed by atoms with Crippen LogP contribution in [0, 0.1) is 0 Å². The summed E-state index contributed by atoms with van der Waals surface area (Å²) in [7, 11) is 0. The van der Waals surface area contributed by atoms with Crippen LogP contribution in [0.2, 0.25) is 0 Å². The van der Waals surface area contributed by atoms with Crippen molar-refractivity contribution in [3.63, 3.8) is 0 Å². The molecule has 0 aromatic rings. The Morgan fingerprint density at radius 2 is 1.88 bits per heavy atom. The fourth-order valence-electron chi connectivity index (χ4n) is 1.49. The third-order valence-corrected chi connectivity index (χ3v) is 2.60. The van der Waals surface area contributed by atoms with Crippen molar-refractivity contribution in [3.8, 4) is 0 Å². The number of hydrogen-bond donors (Lipinski definition) is 2. The zero-order valence-electron chi connectivity index (χ0n) is 10.5. The van der Waals surface area contributed by atoms with Crippen LogP contribution in [0.15, 0.2) is 0 Å². The number of carbonyl (C=O) groups is 2. The van der Waals surface area contributed by atoms with E-state index in [4.69, 9.17) is 4.74 Å². The van der Waals surface area contributed by atoms with E-state index in [0.717, 1.165) is 0 Å². The Hall–Kier alpha value is -1.14. The minimum Gasteiger partial charge on any atom is -0.381 e. The van der Waals surface area contributed by atoms with Gasteiger partial charge in [0.15, 0.2) is 0 Å². The minimum absolute atomic E-state index is 0.147. The largest absolute Gasteiger partial charge is 0.381 e. The van der Waals surface area contributed by atoms with Gasteiger partial charge in [0.2, 0.25) is 5.91 Å². The zero-order valence-corrected chi connectivity index (χ0v) is 10.5. The number of amides is 2. The summed E-state index contributed by atoms with van der Waals surface area (Å²) in [6.07, 6.45) is 0. The van der Waals surface area contributed by atoms with Gasteiger partial charge in [-0.3, -0.25) is 9.59 Å². The van der Waals surface area contributed by atoms with E-state index in [1.54, 1.807) is 11.8 Å². The highest BCUT2D eigenvalue weighted by Crippen LogP contribution is 2.04. The molecule has 17 heavy (non-hydrogen) atoms. The molecule has 0 aromatic carbocycles. The Morgan fingerprint density at radius 1 is 1.35 bits per heavy atom. The number of rotatable bonds is 3. The standard InChI is InChI=1S/C11H20N2O4/c1-8(12-10(15)11(2,3)16)9(14)13-4-6-17-7-5-13/h8,16H,4-7H2,1-3H3,(H,12,15). The first-order valence-electron chi connectivity index (χ1n) is 5.72. The van der Waals surface area contributed by atoms with Crippen molar-refractivity contribution in [2.24, 2.45) is 0 Å². The molecule has 1 aliphatic rings. The molecule has 6 heteroatoms. The van der Waals surface area contributed by atoms with Crippen LogP contribution in [0.1, 0.15) is 20.8 Å². The van der Waals surface area contributed by atoms with Crippen molar-refractivity contribution in [1.82, 2.24) is 10.2 Å². The lowest BCUT2D eigenvalue weighted by atomic mass is 10.1. The molecule has 98 valence electrons. The minimum atomic E-state index is -1.47. The van der Waals surface area contributed by atoms with Crippen LogP contribution in [0.4, 0.5) is 0 Å². The van der Waals surface area contributed by atoms with Gasteiger partial charge in [-0.1, -0.05) is 0 Å². The summed E-state index contributed by atoms with van der Waals surface area (Å²) < 4.78 is 5.14. The molecule has 1 atom stereocenters. The quantitative estimate of drug-likeness (QED) is 0.676. The molecule has 1 rings (SSSR count). The maximum atomic E-state index is 11.9. The molecule has 1 heterocycles. The summed E-state index contributed by atoms with van der Waals surface area (Å²) in [4.78, 5) is 25.1. The fraction of sp³-hybridized carbons (Fsp3) is 0.818. The van der Waals surface area contributed by atoms with E-state index in [1.807, 2.05) is 0 Å². The van der Waals surface area contributed by atoms with E-state index >= 15 is 0 Å². The average molecular weight is 244 g/mol. The van der Waals surface area contributed by atoms with Crippen LogP contribution in [-0.4, -0.2) is 59.8 Å². The van der Waals surface area contributed by atoms with E-state index in [0.29, 0.717) is 26.3 Å². The molecule has 0 aliphatic carbocycles. The normalized spacial score (nSPS) is 18.7. The maximum absolute atomic E-state index is 11.9. The lowest BCUT2D eigenvalue weighted by molar-refractivity contribution is -0.144. The Bertz CT molecular complexity index is 292. The second-order valence-electron chi connectivity index (χ2n) is 4.69. The molecule has 1 fully saturated rings. The van der Waals surface area contributed by atoms with Gasteiger partial charge >= 0.3 is 0 Å². The SMILES string of the molecule is CC(NC(=O)C(C)(C)O)C(=O)N1CCOCC1. The Kier molecular flexibility index (Phi) is 4.47. The third kappa shape index (κ3) is 3.98. The van der Waals surface area contributed by atoms with Crippen molar-refractivity contribution < 1.29 is 19.4 Å². The van der Waals surface area contributed by atoms with Gasteiger partial charge < -0.3 is 20.1 Å². The lowest BCUT2D eigenvalue weighted by Crippen LogP contribution is -2.54. The molecule has 0 saturated carbocycles. The molecule has 1 saturated heterocycles. The van der Waals surface area contributed by atoms with Gasteiger partial charge in [0.1, 0.15) is 11.6 Å². The lowest BCUT2D eigenvalue weighted by Gasteiger charge is -2.30. The highest BCUT2D eigenvalue weighted by Gasteiger charge is 2.29. The van der Waals surface area contributed by atoms with Crippen LogP contribution < -0.4 is 5.32 Å². The van der Waals surface area contributed by atoms with Gasteiger partial charge in [0, 0.05) is 13.1 Å². The number of nitrogens with zero attached hydrogens (tertiary/aromatic N) is 1. The van der Waals surface area contributed by atoms with E-state index in [-0.39, 0.29) is 5.91 Å². The molecular formula is C11H20N2O4. The Labute approximate surface area is 101 Å². The van der Waals surface area contributed by atoms with Gasteiger partial charge in [0.05, 0.1) is 13.2 Å². The van der Waals surface area contributed by atoms with E-state index in [9.17, 15) is 14.7 Å². The number of aliphatic hydroxyl groups is 1. The molecule has 0 aromatic heterocycles. The second kappa shape index (κ2) is 5.46. The van der Waals surface area contributed by atoms with Crippen molar-refractivity contribution in [2.75, 3.05) is 26.3 Å². The molecule has 0 spiro atoms. The summed E-state index contributed by atoms with van der Waals surface area (Å²) in [5.74, 6) is -0.697. The smallest absolute Gasteiger partial charge is 0.252 e. The second-order valence-corrected chi connectivity index (χ2v) is 4.69. The molecule has 2 amide bonds. The summed E-state index contributed by atoms with van der Waals surface area (Å²) in [5.41, 5.74) is -1.47. The van der Waals surface area contributed by atoms with Gasteiger partial charge in [-0.05, 0) is 20.8 Å². The predicted molar refractivity (Wildman–Crippen MR) is 61.3 cm³/mol. The summed E-state index contributed by atoms with van der Waals surface area (Å²) in [5, 5.41) is 12.0. The summed E-state index contributed by atoms with van der Waals surface area (Å²) in [6.45, 7) is 6.52. The number of carbonyl (C=O) groups excluding carboxylic acids is 2. The third-order valence-electron chi connectivity index (χ3n) is 2.60. The van der Waals surface area contributed by atoms with Crippen molar-refractivity contribution in [2.45, 2.75) is 32.4 Å². The topological polar surface area (TPSA) is 78.9 Å². The number of morpholine rings is 1. The molecule has 1 unspecified atom stereocenters. The number of hydrogen-bond acceptors (Lipinski definition) is 4. The van der Waals surface area contributed by atoms with Crippen molar-refractivity contribution in [3.05, 3.63) is 0 Å². The average Bonchev–Trinajstić information content (AvgIpc) is 2.27. The van der Waals surface area contributed by atoms with Crippen LogP contribution in [0.5, 0.6) is 0 Å². The van der Waals surface area contributed by atoms with Crippen LogP contribution >= 0.6 is 0 Å². The summed E-state index contributed by atoms with van der Waals surface area (Å²) >= 11 is 0. The van der Waals surface area contributed by atoms with Crippen molar-refractivity contribution in [1.29, 1.82) is 0 Å². The van der Waals surface area contributed by atoms with Gasteiger partial charge in [-0.15, -0.1) is 0 Å². The molecule has 0 radical (unpaired) electrons. The Morgan fingerprint density at radius 3 is 2.35 bits per heavy atom. The monoisotopic (exact) mass is 244 g/mol. The Balaban J connectivity index is 2.49. The number of ether oxygens (including phenoxy) is 1. The van der Waals surface area contributed by atoms with Gasteiger partial charge in [-0.25, -0.2) is 0 Å². The van der Waals surface area contributed by atoms with Crippen LogP contribution in [-0.2, 0) is 14.3 Å². The highest BCUT2D eigenvalue weighted by molar-refractivity contribution is 5.90. The summed E-state index contributed by atoms with van der Waals surface area (Å²) in [6, 6.07) is -0.632. The van der Waals surface area contributed by atoms with E-state index in [1.165, 1.54) is 13.8 Å². The van der Waals surface area contributed by atoms with Crippen LogP contribution in [0.25, 0.3) is 0 Å². The van der Waals surface area contributed by atoms with E-state index < -0.39 is 17.6 Å². The molecular weight excluding hydrogens is 224 g/mol. The van der Waals surface area contributed by atoms with E-state index in [2.05, 4.69) is 5.32 Å². The molecule has 0 bridgehead atoms. The molecule has 6 nitrogen and oxygen atoms in total. The van der Waals surface area contributed by atoms with Gasteiger partial charge in [0.25, 0.3) is 5.91 Å². The first-order chi connectivity index (χ1) is 7.82. The fourth-order valence-corrected chi connectivity index (χ4v) is 1.49. The first-order valence-corrected chi connectivity index (χ1v) is 5.72.